The molecule has 0 saturated carbocycles. The van der Waals surface area contributed by atoms with E-state index in [2.05, 4.69) is 31.6 Å². The summed E-state index contributed by atoms with van der Waals surface area (Å²) in [6.45, 7) is 3.39. The highest BCUT2D eigenvalue weighted by Crippen LogP contribution is 2.27. The lowest BCUT2D eigenvalue weighted by Crippen LogP contribution is -2.60. The van der Waals surface area contributed by atoms with E-state index in [0.717, 1.165) is 18.2 Å². The van der Waals surface area contributed by atoms with Crippen molar-refractivity contribution in [1.29, 1.82) is 0 Å². The first kappa shape index (κ1) is 58.5. The van der Waals surface area contributed by atoms with Crippen LogP contribution in [-0.2, 0) is 60.9 Å². The summed E-state index contributed by atoms with van der Waals surface area (Å²) >= 11 is 0. The summed E-state index contributed by atoms with van der Waals surface area (Å²) in [5, 5.41) is 54.3. The highest BCUT2D eigenvalue weighted by atomic mass is 16.6. The molecule has 0 aliphatic rings. The highest BCUT2D eigenvalue weighted by molar-refractivity contribution is 5.97. The molecule has 0 aromatic heterocycles. The highest BCUT2D eigenvalue weighted by Gasteiger charge is 2.35. The Hall–Kier alpha value is -8.59. The summed E-state index contributed by atoms with van der Waals surface area (Å²) in [5.74, 6) is -12.2. The number of nitrogens with zero attached hydrogens (tertiary/aromatic N) is 2. The van der Waals surface area contributed by atoms with Crippen LogP contribution in [0.1, 0.15) is 76.3 Å². The number of benzene rings is 2. The van der Waals surface area contributed by atoms with Gasteiger partial charge in [-0.15, -0.1) is 0 Å². The molecule has 0 aliphatic carbocycles. The largest absolute Gasteiger partial charge is 0.502 e. The van der Waals surface area contributed by atoms with Gasteiger partial charge >= 0.3 is 23.7 Å². The number of nitro benzene ring substituents is 1. The number of rotatable bonds is 31. The molecule has 0 heterocycles. The van der Waals surface area contributed by atoms with Gasteiger partial charge in [-0.25, -0.2) is 9.59 Å². The summed E-state index contributed by atoms with van der Waals surface area (Å²) < 4.78 is 5.28. The number of ether oxygens (including phenoxy) is 1. The lowest BCUT2D eigenvalue weighted by Gasteiger charge is -2.27. The van der Waals surface area contributed by atoms with Crippen molar-refractivity contribution in [2.75, 3.05) is 6.54 Å². The van der Waals surface area contributed by atoms with Gasteiger partial charge in [-0.2, -0.15) is 0 Å². The molecule has 28 nitrogen and oxygen atoms in total. The average Bonchev–Trinajstić information content (AvgIpc) is 3.28. The van der Waals surface area contributed by atoms with Crippen molar-refractivity contribution in [2.45, 2.75) is 114 Å². The molecule has 0 saturated heterocycles. The van der Waals surface area contributed by atoms with Crippen LogP contribution in [0, 0.1) is 16.0 Å². The summed E-state index contributed by atoms with van der Waals surface area (Å²) in [6, 6.07) is 1.34. The Morgan fingerprint density at radius 1 is 0.662 bits per heavy atom. The second kappa shape index (κ2) is 29.3. The van der Waals surface area contributed by atoms with Gasteiger partial charge in [0.1, 0.15) is 42.9 Å². The van der Waals surface area contributed by atoms with Crippen LogP contribution in [-0.4, -0.2) is 128 Å². The second-order valence-electron chi connectivity index (χ2n) is 16.4. The van der Waals surface area contributed by atoms with Gasteiger partial charge in [0.05, 0.1) is 11.3 Å². The number of carboxylic acid groups (broad SMARTS) is 2. The molecule has 2 rings (SSSR count). The number of hydrogen-bond acceptors (Lipinski definition) is 15. The van der Waals surface area contributed by atoms with E-state index in [1.807, 2.05) is 5.32 Å². The van der Waals surface area contributed by atoms with Crippen LogP contribution in [0.15, 0.2) is 53.5 Å². The Labute approximate surface area is 405 Å². The number of aliphatic carboxylic acids is 2. The molecule has 71 heavy (non-hydrogen) atoms. The Bertz CT molecular complexity index is 2280. The fourth-order valence-electron chi connectivity index (χ4n) is 6.52. The topological polar surface area (TPSA) is 472 Å². The van der Waals surface area contributed by atoms with Gasteiger partial charge in [0.2, 0.25) is 41.4 Å². The van der Waals surface area contributed by atoms with Crippen LogP contribution in [0.25, 0.3) is 0 Å². The maximum atomic E-state index is 14.1. The van der Waals surface area contributed by atoms with Crippen LogP contribution in [0.4, 0.5) is 10.5 Å². The molecule has 0 aliphatic heterocycles. The standard InChI is InChI=1S/C43H60N12O16/c1-22(2)17-28(54-43(68)71-21-23-7-4-3-5-8-23)39(64)49-25(9-6-16-48-42(46)47)36(61)50-26(11-14-33(44)57)37(62)51-27(12-15-34(45)58)38(63)52-29(40(65)53-30(41(66)67)20-35(59)60)18-24-10-13-32(56)31(19-24)55(69)70/h3-5,7-8,10,13,19,22,25-30,56H,6,9,11-12,14-18,20-21H2,1-2H3,(H2,44,57)(H2,45,58)(H,49,64)(H,50,61)(H,51,62)(H,52,63)(H,53,65)(H,54,68)(H,59,60)(H,66,67)(H4,46,47,48)/t25-,26-,27-,28-,29-,30-/m0/s1. The van der Waals surface area contributed by atoms with Gasteiger partial charge < -0.3 is 74.9 Å². The molecule has 0 fully saturated rings. The van der Waals surface area contributed by atoms with Crippen LogP contribution < -0.4 is 54.8 Å². The minimum Gasteiger partial charge on any atom is -0.502 e. The molecule has 388 valence electrons. The van der Waals surface area contributed by atoms with Crippen LogP contribution in [0.2, 0.25) is 0 Å². The Morgan fingerprint density at radius 2 is 1.15 bits per heavy atom. The number of primary amides is 2. The zero-order valence-corrected chi connectivity index (χ0v) is 38.8. The Morgan fingerprint density at radius 3 is 1.63 bits per heavy atom. The fourth-order valence-corrected chi connectivity index (χ4v) is 6.52. The molecule has 8 amide bonds. The monoisotopic (exact) mass is 1000 g/mol. The lowest BCUT2D eigenvalue weighted by atomic mass is 10.0. The Balaban J connectivity index is 2.50. The first-order valence-corrected chi connectivity index (χ1v) is 21.9. The summed E-state index contributed by atoms with van der Waals surface area (Å²) in [6.07, 6.45) is -4.97. The minimum atomic E-state index is -2.05. The number of carbonyl (C=O) groups excluding carboxylic acids is 8. The quantitative estimate of drug-likeness (QED) is 0.0125. The van der Waals surface area contributed by atoms with E-state index in [4.69, 9.17) is 27.7 Å². The predicted molar refractivity (Wildman–Crippen MR) is 248 cm³/mol. The van der Waals surface area contributed by atoms with E-state index in [1.165, 1.54) is 0 Å². The van der Waals surface area contributed by atoms with Crippen molar-refractivity contribution < 1.29 is 72.9 Å². The van der Waals surface area contributed by atoms with E-state index in [1.54, 1.807) is 44.2 Å². The third kappa shape index (κ3) is 22.4. The molecule has 17 N–H and O–H groups in total. The second-order valence-corrected chi connectivity index (χ2v) is 16.4. The third-order valence-electron chi connectivity index (χ3n) is 10.0. The van der Waals surface area contributed by atoms with Crippen LogP contribution in [0.5, 0.6) is 5.75 Å². The Kier molecular flexibility index (Phi) is 24.2. The van der Waals surface area contributed by atoms with Crippen LogP contribution >= 0.6 is 0 Å². The third-order valence-corrected chi connectivity index (χ3v) is 10.0. The van der Waals surface area contributed by atoms with Crippen molar-refractivity contribution in [2.24, 2.45) is 33.8 Å². The number of phenols is 1. The number of carboxylic acids is 2. The number of aliphatic imine (C=N–C) groups is 1. The molecule has 28 heteroatoms. The number of hydrogen-bond donors (Lipinski definition) is 13. The zero-order valence-electron chi connectivity index (χ0n) is 38.8. The van der Waals surface area contributed by atoms with Gasteiger partial charge in [-0.05, 0) is 55.2 Å². The van der Waals surface area contributed by atoms with Gasteiger partial charge in [-0.1, -0.05) is 50.2 Å². The number of guanidine groups is 1. The lowest BCUT2D eigenvalue weighted by molar-refractivity contribution is -0.385. The first-order valence-electron chi connectivity index (χ1n) is 21.9. The maximum Gasteiger partial charge on any atom is 0.408 e. The summed E-state index contributed by atoms with van der Waals surface area (Å²) in [7, 11) is 0. The normalized spacial score (nSPS) is 13.3. The number of aromatic hydroxyl groups is 1. The molecule has 2 aromatic rings. The molecule has 0 bridgehead atoms. The van der Waals surface area contributed by atoms with Crippen molar-refractivity contribution in [3.8, 4) is 5.75 Å². The molecular weight excluding hydrogens is 941 g/mol. The van der Waals surface area contributed by atoms with E-state index in [9.17, 15) is 73.4 Å². The molecular formula is C43H60N12O16. The molecule has 0 spiro atoms. The molecule has 6 atom stereocenters. The van der Waals surface area contributed by atoms with E-state index < -0.39 is 151 Å². The SMILES string of the molecule is CC(C)C[C@H](NC(=O)OCc1ccccc1)C(=O)N[C@@H](CCCN=C(N)N)C(=O)N[C@@H](CCC(N)=O)C(=O)N[C@@H](CCC(N)=O)C(=O)N[C@@H](Cc1ccc(O)c([N+](=O)[O-])c1)C(=O)N[C@@H](CC(=O)O)C(=O)O. The average molecular weight is 1000 g/mol. The van der Waals surface area contributed by atoms with Gasteiger partial charge in [0, 0.05) is 31.9 Å². The molecule has 0 unspecified atom stereocenters. The van der Waals surface area contributed by atoms with Crippen molar-refractivity contribution in [3.05, 3.63) is 69.8 Å². The van der Waals surface area contributed by atoms with Crippen LogP contribution in [0.3, 0.4) is 0 Å². The summed E-state index contributed by atoms with van der Waals surface area (Å²) in [4.78, 5) is 144. The number of amides is 8. The minimum absolute atomic E-state index is 0.0249. The summed E-state index contributed by atoms with van der Waals surface area (Å²) in [5.41, 5.74) is 21.3. The van der Waals surface area contributed by atoms with Crippen molar-refractivity contribution in [3.63, 3.8) is 0 Å². The zero-order chi connectivity index (χ0) is 53.4. The molecule has 2 aromatic carbocycles. The van der Waals surface area contributed by atoms with Gasteiger partial charge in [0.15, 0.2) is 11.7 Å². The number of alkyl carbamates (subject to hydrolysis) is 1. The first-order chi connectivity index (χ1) is 33.4. The van der Waals surface area contributed by atoms with E-state index in [-0.39, 0.29) is 49.9 Å². The smallest absolute Gasteiger partial charge is 0.408 e. The van der Waals surface area contributed by atoms with E-state index in [0.29, 0.717) is 5.56 Å². The number of carbonyl (C=O) groups is 10. The van der Waals surface area contributed by atoms with Crippen molar-refractivity contribution in [1.82, 2.24) is 31.9 Å². The molecule has 0 radical (unpaired) electrons. The number of phenolic OH excluding ortho intramolecular Hbond substituents is 1. The fraction of sp³-hybridized carbons (Fsp3) is 0.465. The number of nitro groups is 1. The van der Waals surface area contributed by atoms with E-state index >= 15 is 0 Å². The number of nitrogens with one attached hydrogen (secondary N) is 6. The van der Waals surface area contributed by atoms with Gasteiger partial charge in [0.25, 0.3) is 0 Å². The van der Waals surface area contributed by atoms with Gasteiger partial charge in [-0.3, -0.25) is 53.5 Å². The maximum absolute atomic E-state index is 14.1. The number of nitrogens with two attached hydrogens (primary N) is 4. The van der Waals surface area contributed by atoms with Crippen molar-refractivity contribution >= 4 is 71.0 Å². The predicted octanol–water partition coefficient (Wildman–Crippen LogP) is -2.25.